The van der Waals surface area contributed by atoms with E-state index in [2.05, 4.69) is 62.2 Å². The Morgan fingerprint density at radius 3 is 2.52 bits per heavy atom. The van der Waals surface area contributed by atoms with Crippen LogP contribution in [0.25, 0.3) is 11.1 Å². The summed E-state index contributed by atoms with van der Waals surface area (Å²) in [6.07, 6.45) is 4.78. The minimum Gasteiger partial charge on any atom is -0.493 e. The number of nitriles is 1. The van der Waals surface area contributed by atoms with E-state index < -0.39 is 0 Å². The summed E-state index contributed by atoms with van der Waals surface area (Å²) in [7, 11) is 0. The second-order valence-electron chi connectivity index (χ2n) is 13.0. The molecule has 0 bridgehead atoms. The molecule has 11 nitrogen and oxygen atoms in total. The Hall–Kier alpha value is -4.99. The van der Waals surface area contributed by atoms with E-state index in [1.807, 2.05) is 43.3 Å². The summed E-state index contributed by atoms with van der Waals surface area (Å²) >= 11 is 6.82. The molecule has 6 rings (SSSR count). The molecule has 0 spiro atoms. The predicted octanol–water partition coefficient (Wildman–Crippen LogP) is 6.60. The van der Waals surface area contributed by atoms with Crippen molar-refractivity contribution in [2.45, 2.75) is 66.0 Å². The topological polar surface area (TPSA) is 141 Å². The number of benzene rings is 3. The van der Waals surface area contributed by atoms with E-state index in [4.69, 9.17) is 31.1 Å². The van der Waals surface area contributed by atoms with Crippen LogP contribution in [0.3, 0.4) is 0 Å². The first-order valence-corrected chi connectivity index (χ1v) is 17.9. The van der Waals surface area contributed by atoms with Crippen molar-refractivity contribution < 1.29 is 19.3 Å². The highest BCUT2D eigenvalue weighted by Crippen LogP contribution is 2.36. The molecule has 1 aliphatic rings. The smallest absolute Gasteiger partial charge is 0.232 e. The Balaban J connectivity index is 1.14. The van der Waals surface area contributed by atoms with Crippen molar-refractivity contribution in [2.75, 3.05) is 26.2 Å². The Labute approximate surface area is 309 Å². The number of nitrogens with zero attached hydrogens (tertiary/aromatic N) is 5. The summed E-state index contributed by atoms with van der Waals surface area (Å²) < 4.78 is 18.9. The molecule has 2 aromatic heterocycles. The summed E-state index contributed by atoms with van der Waals surface area (Å²) in [6, 6.07) is 19.9. The van der Waals surface area contributed by atoms with E-state index in [-0.39, 0.29) is 18.5 Å². The molecule has 12 heteroatoms. The number of aliphatic hydroxyl groups is 1. The van der Waals surface area contributed by atoms with E-state index in [0.717, 1.165) is 83.0 Å². The number of imidazole rings is 1. The van der Waals surface area contributed by atoms with Crippen LogP contribution in [-0.4, -0.2) is 62.3 Å². The molecular weight excluding hydrogens is 678 g/mol. The lowest BCUT2D eigenvalue weighted by Crippen LogP contribution is -2.24. The van der Waals surface area contributed by atoms with Crippen molar-refractivity contribution in [3.63, 3.8) is 0 Å². The van der Waals surface area contributed by atoms with Crippen molar-refractivity contribution in [1.82, 2.24) is 30.2 Å². The number of rotatable bonds is 16. The molecule has 0 amide bonds. The molecule has 0 radical (unpaired) electrons. The Bertz CT molecular complexity index is 2030. The SMILES string of the molecule is Cc1[nH]cnc1COc1cc(OCc2cccc(-c3cccc(OCCCN4CC[C@@H](O)C4)c3C)c2C)c(Cl)cc1CNCc1ccnc(C#N)n1. The lowest BCUT2D eigenvalue weighted by molar-refractivity contribution is 0.173. The number of aliphatic hydroxyl groups excluding tert-OH is 1. The van der Waals surface area contributed by atoms with Gasteiger partial charge < -0.3 is 34.5 Å². The fourth-order valence-corrected chi connectivity index (χ4v) is 6.59. The molecular formula is C40H44ClN7O4. The first kappa shape index (κ1) is 36.8. The molecule has 1 fully saturated rings. The molecule has 3 heterocycles. The number of halogens is 1. The number of hydrogen-bond donors (Lipinski definition) is 3. The zero-order chi connectivity index (χ0) is 36.5. The average Bonchev–Trinajstić information content (AvgIpc) is 3.77. The van der Waals surface area contributed by atoms with E-state index in [1.54, 1.807) is 18.6 Å². The van der Waals surface area contributed by atoms with Gasteiger partial charge in [0.05, 0.1) is 35.4 Å². The molecule has 0 unspecified atom stereocenters. The van der Waals surface area contributed by atoms with E-state index >= 15 is 0 Å². The number of aromatic nitrogens is 4. The van der Waals surface area contributed by atoms with Crippen LogP contribution in [-0.2, 0) is 26.3 Å². The van der Waals surface area contributed by atoms with Crippen LogP contribution in [0, 0.1) is 32.1 Å². The van der Waals surface area contributed by atoms with Crippen LogP contribution in [0.5, 0.6) is 17.2 Å². The lowest BCUT2D eigenvalue weighted by Gasteiger charge is -2.18. The van der Waals surface area contributed by atoms with Crippen molar-refractivity contribution in [3.05, 3.63) is 117 Å². The van der Waals surface area contributed by atoms with Gasteiger partial charge in [-0.25, -0.2) is 15.0 Å². The quantitative estimate of drug-likeness (QED) is 0.0955. The third-order valence-electron chi connectivity index (χ3n) is 9.38. The van der Waals surface area contributed by atoms with Crippen LogP contribution in [0.1, 0.15) is 58.0 Å². The fourth-order valence-electron chi connectivity index (χ4n) is 6.35. The number of ether oxygens (including phenoxy) is 3. The largest absolute Gasteiger partial charge is 0.493 e. The maximum atomic E-state index is 9.80. The van der Waals surface area contributed by atoms with Gasteiger partial charge in [0.2, 0.25) is 5.82 Å². The van der Waals surface area contributed by atoms with Gasteiger partial charge in [-0.3, -0.25) is 0 Å². The Morgan fingerprint density at radius 1 is 0.942 bits per heavy atom. The Morgan fingerprint density at radius 2 is 1.75 bits per heavy atom. The van der Waals surface area contributed by atoms with E-state index in [9.17, 15) is 5.11 Å². The number of H-pyrrole nitrogens is 1. The highest BCUT2D eigenvalue weighted by molar-refractivity contribution is 6.32. The molecule has 3 N–H and O–H groups in total. The van der Waals surface area contributed by atoms with Crippen molar-refractivity contribution in [3.8, 4) is 34.4 Å². The summed E-state index contributed by atoms with van der Waals surface area (Å²) in [4.78, 5) is 17.9. The van der Waals surface area contributed by atoms with Gasteiger partial charge in [-0.15, -0.1) is 0 Å². The zero-order valence-corrected chi connectivity index (χ0v) is 30.5. The first-order valence-electron chi connectivity index (χ1n) is 17.5. The normalized spacial score (nSPS) is 14.3. The summed E-state index contributed by atoms with van der Waals surface area (Å²) in [6.45, 7) is 10.9. The number of likely N-dealkylation sites (tertiary alicyclic amines) is 1. The molecule has 52 heavy (non-hydrogen) atoms. The van der Waals surface area contributed by atoms with Gasteiger partial charge in [0.15, 0.2) is 0 Å². The second-order valence-corrected chi connectivity index (χ2v) is 13.4. The number of aryl methyl sites for hydroxylation is 1. The predicted molar refractivity (Wildman–Crippen MR) is 199 cm³/mol. The van der Waals surface area contributed by atoms with Gasteiger partial charge in [-0.1, -0.05) is 41.9 Å². The molecule has 5 aromatic rings. The first-order chi connectivity index (χ1) is 25.3. The molecule has 3 aromatic carbocycles. The third-order valence-corrected chi connectivity index (χ3v) is 9.67. The van der Waals surface area contributed by atoms with Crippen molar-refractivity contribution in [2.24, 2.45) is 0 Å². The molecule has 0 saturated carbocycles. The minimum absolute atomic E-state index is 0.127. The molecule has 1 atom stereocenters. The van der Waals surface area contributed by atoms with Crippen LogP contribution < -0.4 is 19.5 Å². The highest BCUT2D eigenvalue weighted by Gasteiger charge is 2.20. The minimum atomic E-state index is -0.202. The molecule has 1 saturated heterocycles. The van der Waals surface area contributed by atoms with Gasteiger partial charge in [0.1, 0.15) is 36.5 Å². The van der Waals surface area contributed by atoms with Crippen LogP contribution in [0.15, 0.2) is 67.1 Å². The number of aromatic amines is 1. The lowest BCUT2D eigenvalue weighted by atomic mass is 9.93. The summed E-state index contributed by atoms with van der Waals surface area (Å²) in [5.41, 5.74) is 8.75. The monoisotopic (exact) mass is 721 g/mol. The highest BCUT2D eigenvalue weighted by atomic mass is 35.5. The summed E-state index contributed by atoms with van der Waals surface area (Å²) in [5.74, 6) is 2.13. The number of nitrogens with one attached hydrogen (secondary N) is 2. The van der Waals surface area contributed by atoms with Gasteiger partial charge in [0.25, 0.3) is 0 Å². The summed E-state index contributed by atoms with van der Waals surface area (Å²) in [5, 5.41) is 22.8. The second kappa shape index (κ2) is 17.5. The van der Waals surface area contributed by atoms with Gasteiger partial charge in [0, 0.05) is 56.2 Å². The standard InChI is InChI=1S/C40H44ClN7O4/c1-26-29(7-4-8-33(26)34-9-5-10-37(27(34)2)50-16-6-14-48-15-12-32(49)22-48)23-51-39-18-38(52-24-36-28(3)45-25-46-36)30(17-35(39)41)20-43-21-31-11-13-44-40(19-42)47-31/h4-5,7-11,13,17-18,25,32,43,49H,6,12,14-16,20-24H2,1-3H3,(H,45,46)/t32-/m1/s1. The maximum absolute atomic E-state index is 9.80. The van der Waals surface area contributed by atoms with Crippen LogP contribution in [0.2, 0.25) is 5.02 Å². The van der Waals surface area contributed by atoms with Crippen molar-refractivity contribution >= 4 is 11.6 Å². The number of β-amino-alcohol motifs (C(OH)–C–C–N with tert-alkyl or cyclic N) is 1. The maximum Gasteiger partial charge on any atom is 0.232 e. The van der Waals surface area contributed by atoms with Crippen LogP contribution >= 0.6 is 11.6 Å². The average molecular weight is 722 g/mol. The fraction of sp³-hybridized carbons (Fsp3) is 0.350. The van der Waals surface area contributed by atoms with Crippen molar-refractivity contribution in [1.29, 1.82) is 5.26 Å². The van der Waals surface area contributed by atoms with E-state index in [1.165, 1.54) is 0 Å². The molecule has 1 aliphatic heterocycles. The van der Waals surface area contributed by atoms with E-state index in [0.29, 0.717) is 48.5 Å². The zero-order valence-electron chi connectivity index (χ0n) is 29.8. The third kappa shape index (κ3) is 9.26. The molecule has 0 aliphatic carbocycles. The Kier molecular flexibility index (Phi) is 12.4. The van der Waals surface area contributed by atoms with Gasteiger partial charge >= 0.3 is 0 Å². The molecule has 270 valence electrons. The van der Waals surface area contributed by atoms with Gasteiger partial charge in [-0.2, -0.15) is 5.26 Å². The van der Waals surface area contributed by atoms with Gasteiger partial charge in [-0.05, 0) is 79.6 Å². The number of hydrogen-bond acceptors (Lipinski definition) is 10. The van der Waals surface area contributed by atoms with Crippen LogP contribution in [0.4, 0.5) is 0 Å².